The van der Waals surface area contributed by atoms with Crippen LogP contribution in [0.3, 0.4) is 0 Å². The summed E-state index contributed by atoms with van der Waals surface area (Å²) >= 11 is 0. The Hall–Kier alpha value is -1.14. The molecule has 394 valence electrons. The molecule has 0 saturated carbocycles. The lowest BCUT2D eigenvalue weighted by molar-refractivity contribution is -0.143. The summed E-state index contributed by atoms with van der Waals surface area (Å²) in [6.07, 6.45) is 65.3. The molecule has 2 atom stereocenters. The van der Waals surface area contributed by atoms with Gasteiger partial charge in [0, 0.05) is 12.8 Å². The van der Waals surface area contributed by atoms with Crippen molar-refractivity contribution in [2.75, 3.05) is 13.2 Å². The highest BCUT2D eigenvalue weighted by Crippen LogP contribution is 2.18. The van der Waals surface area contributed by atoms with Crippen molar-refractivity contribution >= 4 is 11.9 Å². The Kier molecular flexibility index (Phi) is 55.5. The first-order chi connectivity index (χ1) is 32.5. The lowest BCUT2D eigenvalue weighted by atomic mass is 10.0. The average molecular weight is 935 g/mol. The van der Waals surface area contributed by atoms with Gasteiger partial charge in [-0.1, -0.05) is 309 Å². The quantitative estimate of drug-likeness (QED) is 0.0417. The van der Waals surface area contributed by atoms with E-state index in [1.807, 2.05) is 0 Å². The van der Waals surface area contributed by atoms with Gasteiger partial charge in [-0.25, -0.2) is 0 Å². The first kappa shape index (κ1) is 64.9. The van der Waals surface area contributed by atoms with Gasteiger partial charge in [0.1, 0.15) is 0 Å². The number of aliphatic hydroxyl groups is 2. The molecule has 0 fully saturated rings. The van der Waals surface area contributed by atoms with Crippen LogP contribution in [0.15, 0.2) is 0 Å². The third-order valence-corrected chi connectivity index (χ3v) is 14.4. The fourth-order valence-corrected chi connectivity index (χ4v) is 9.76. The smallest absolute Gasteiger partial charge is 0.305 e. The monoisotopic (exact) mass is 934 g/mol. The largest absolute Gasteiger partial charge is 0.466 e. The molecule has 66 heavy (non-hydrogen) atoms. The van der Waals surface area contributed by atoms with E-state index in [0.717, 1.165) is 38.5 Å². The van der Waals surface area contributed by atoms with Crippen molar-refractivity contribution < 1.29 is 24.5 Å². The Morgan fingerprint density at radius 3 is 0.924 bits per heavy atom. The van der Waals surface area contributed by atoms with E-state index in [4.69, 9.17) is 4.74 Å². The van der Waals surface area contributed by atoms with Crippen molar-refractivity contribution in [3.05, 3.63) is 0 Å². The standard InChI is InChI=1S/C60H119NO5/c1-3-5-7-9-11-13-15-17-19-22-26-30-34-38-42-46-50-54-60(65)66-55-51-47-43-39-35-31-27-24-21-20-23-25-29-33-37-41-45-49-53-59(64)61-57(56-62)58(63)52-48-44-40-36-32-28-18-16-14-12-10-8-6-4-2/h57-58,62-63H,3-56H2,1-2H3,(H,61,64). The lowest BCUT2D eigenvalue weighted by Gasteiger charge is -2.22. The molecule has 0 spiro atoms. The molecule has 0 aromatic carbocycles. The van der Waals surface area contributed by atoms with Crippen LogP contribution < -0.4 is 5.32 Å². The number of esters is 1. The van der Waals surface area contributed by atoms with Crippen LogP contribution >= 0.6 is 0 Å². The molecule has 6 nitrogen and oxygen atoms in total. The average Bonchev–Trinajstić information content (AvgIpc) is 3.32. The van der Waals surface area contributed by atoms with E-state index in [2.05, 4.69) is 19.2 Å². The molecule has 6 heteroatoms. The zero-order chi connectivity index (χ0) is 47.9. The number of unbranched alkanes of at least 4 members (excludes halogenated alkanes) is 46. The van der Waals surface area contributed by atoms with Crippen molar-refractivity contribution in [1.29, 1.82) is 0 Å². The minimum absolute atomic E-state index is 0.0123. The fourth-order valence-electron chi connectivity index (χ4n) is 9.76. The predicted molar refractivity (Wildman–Crippen MR) is 287 cm³/mol. The summed E-state index contributed by atoms with van der Waals surface area (Å²) in [7, 11) is 0. The molecular formula is C60H119NO5. The number of hydrogen-bond donors (Lipinski definition) is 3. The molecule has 0 heterocycles. The van der Waals surface area contributed by atoms with E-state index in [-0.39, 0.29) is 18.5 Å². The second-order valence-electron chi connectivity index (χ2n) is 21.1. The Morgan fingerprint density at radius 2 is 0.621 bits per heavy atom. The zero-order valence-electron chi connectivity index (χ0n) is 45.0. The maximum absolute atomic E-state index is 12.5. The molecule has 3 N–H and O–H groups in total. The van der Waals surface area contributed by atoms with Crippen LogP contribution in [0.5, 0.6) is 0 Å². The van der Waals surface area contributed by atoms with Gasteiger partial charge in [-0.05, 0) is 25.7 Å². The van der Waals surface area contributed by atoms with E-state index in [0.29, 0.717) is 25.9 Å². The molecular weight excluding hydrogens is 815 g/mol. The van der Waals surface area contributed by atoms with Crippen LogP contribution in [0.4, 0.5) is 0 Å². The number of ether oxygens (including phenoxy) is 1. The van der Waals surface area contributed by atoms with Gasteiger partial charge in [0.2, 0.25) is 5.91 Å². The molecule has 0 radical (unpaired) electrons. The Balaban J connectivity index is 3.37. The van der Waals surface area contributed by atoms with E-state index in [1.165, 1.54) is 276 Å². The second-order valence-corrected chi connectivity index (χ2v) is 21.1. The van der Waals surface area contributed by atoms with Crippen molar-refractivity contribution in [2.24, 2.45) is 0 Å². The predicted octanol–water partition coefficient (Wildman–Crippen LogP) is 18.7. The van der Waals surface area contributed by atoms with Crippen LogP contribution in [0.2, 0.25) is 0 Å². The molecule has 1 amide bonds. The summed E-state index contributed by atoms with van der Waals surface area (Å²) in [5, 5.41) is 23.3. The highest BCUT2D eigenvalue weighted by atomic mass is 16.5. The molecule has 0 aromatic rings. The van der Waals surface area contributed by atoms with Gasteiger partial charge in [-0.15, -0.1) is 0 Å². The Bertz CT molecular complexity index is 944. The van der Waals surface area contributed by atoms with Crippen LogP contribution in [-0.4, -0.2) is 47.4 Å². The minimum atomic E-state index is -0.665. The molecule has 0 bridgehead atoms. The number of rotatable bonds is 57. The summed E-state index contributed by atoms with van der Waals surface area (Å²) in [6.45, 7) is 4.98. The van der Waals surface area contributed by atoms with Gasteiger partial charge in [0.15, 0.2) is 0 Å². The number of carbonyl (C=O) groups is 2. The van der Waals surface area contributed by atoms with Crippen molar-refractivity contribution in [3.8, 4) is 0 Å². The number of nitrogens with one attached hydrogen (secondary N) is 1. The SMILES string of the molecule is CCCCCCCCCCCCCCCCCCCC(=O)OCCCCCCCCCCCCCCCCCCCCC(=O)NC(CO)C(O)CCCCCCCCCCCCCCCC. The summed E-state index contributed by atoms with van der Waals surface area (Å²) in [6, 6.07) is -0.543. The highest BCUT2D eigenvalue weighted by molar-refractivity contribution is 5.76. The van der Waals surface area contributed by atoms with E-state index in [9.17, 15) is 19.8 Å². The van der Waals surface area contributed by atoms with Crippen molar-refractivity contribution in [1.82, 2.24) is 5.32 Å². The molecule has 0 saturated heterocycles. The topological polar surface area (TPSA) is 95.9 Å². The van der Waals surface area contributed by atoms with Crippen molar-refractivity contribution in [3.63, 3.8) is 0 Å². The molecule has 0 aliphatic rings. The summed E-state index contributed by atoms with van der Waals surface area (Å²) in [5.41, 5.74) is 0. The van der Waals surface area contributed by atoms with Gasteiger partial charge >= 0.3 is 5.97 Å². The zero-order valence-corrected chi connectivity index (χ0v) is 45.0. The van der Waals surface area contributed by atoms with Crippen LogP contribution in [-0.2, 0) is 14.3 Å². The van der Waals surface area contributed by atoms with Gasteiger partial charge in [-0.3, -0.25) is 9.59 Å². The first-order valence-corrected chi connectivity index (χ1v) is 30.3. The molecule has 0 aliphatic carbocycles. The van der Waals surface area contributed by atoms with Gasteiger partial charge < -0.3 is 20.3 Å². The number of aliphatic hydroxyl groups excluding tert-OH is 2. The molecule has 2 unspecified atom stereocenters. The second kappa shape index (κ2) is 56.4. The summed E-state index contributed by atoms with van der Waals surface area (Å²) in [4.78, 5) is 24.6. The van der Waals surface area contributed by atoms with Crippen LogP contribution in [0, 0.1) is 0 Å². The van der Waals surface area contributed by atoms with Crippen molar-refractivity contribution in [2.45, 2.75) is 360 Å². The number of carbonyl (C=O) groups excluding carboxylic acids is 2. The fraction of sp³-hybridized carbons (Fsp3) is 0.967. The normalized spacial score (nSPS) is 12.5. The Morgan fingerprint density at radius 1 is 0.364 bits per heavy atom. The summed E-state index contributed by atoms with van der Waals surface area (Å²) < 4.78 is 5.49. The van der Waals surface area contributed by atoms with Gasteiger partial charge in [0.05, 0.1) is 25.4 Å². The first-order valence-electron chi connectivity index (χ1n) is 30.3. The molecule has 0 aromatic heterocycles. The Labute approximate surface area is 413 Å². The third-order valence-electron chi connectivity index (χ3n) is 14.4. The lowest BCUT2D eigenvalue weighted by Crippen LogP contribution is -2.45. The maximum Gasteiger partial charge on any atom is 0.305 e. The third kappa shape index (κ3) is 52.2. The van der Waals surface area contributed by atoms with Gasteiger partial charge in [-0.2, -0.15) is 0 Å². The van der Waals surface area contributed by atoms with E-state index >= 15 is 0 Å². The van der Waals surface area contributed by atoms with Gasteiger partial charge in [0.25, 0.3) is 0 Å². The van der Waals surface area contributed by atoms with Crippen LogP contribution in [0.1, 0.15) is 348 Å². The summed E-state index contributed by atoms with van der Waals surface area (Å²) in [5.74, 6) is -0.0240. The van der Waals surface area contributed by atoms with E-state index in [1.54, 1.807) is 0 Å². The highest BCUT2D eigenvalue weighted by Gasteiger charge is 2.20. The molecule has 0 rings (SSSR count). The molecule has 0 aliphatic heterocycles. The van der Waals surface area contributed by atoms with Crippen LogP contribution in [0.25, 0.3) is 0 Å². The van der Waals surface area contributed by atoms with E-state index < -0.39 is 12.1 Å². The minimum Gasteiger partial charge on any atom is -0.466 e. The maximum atomic E-state index is 12.5. The number of hydrogen-bond acceptors (Lipinski definition) is 5. The number of amides is 1.